The number of non-ortho nitro benzene ring substituents is 1. The van der Waals surface area contributed by atoms with Crippen LogP contribution in [0.3, 0.4) is 0 Å². The highest BCUT2D eigenvalue weighted by Gasteiger charge is 2.15. The molecular formula is C15H16N6O3. The summed E-state index contributed by atoms with van der Waals surface area (Å²) in [6, 6.07) is 7.57. The second-order valence-corrected chi connectivity index (χ2v) is 5.50. The average molecular weight is 328 g/mol. The zero-order valence-corrected chi connectivity index (χ0v) is 13.0. The van der Waals surface area contributed by atoms with Crippen molar-refractivity contribution in [3.8, 4) is 0 Å². The first-order valence-electron chi connectivity index (χ1n) is 7.43. The number of nitrogens with zero attached hydrogens (tertiary/aromatic N) is 5. The van der Waals surface area contributed by atoms with Crippen molar-refractivity contribution in [2.24, 2.45) is 5.73 Å². The largest absolute Gasteiger partial charge is 0.350 e. The Bertz CT molecular complexity index is 909. The van der Waals surface area contributed by atoms with Gasteiger partial charge in [0.15, 0.2) is 11.5 Å². The molecule has 0 aliphatic rings. The van der Waals surface area contributed by atoms with E-state index in [-0.39, 0.29) is 5.69 Å². The molecule has 0 bridgehead atoms. The van der Waals surface area contributed by atoms with Crippen molar-refractivity contribution in [3.63, 3.8) is 0 Å². The van der Waals surface area contributed by atoms with Crippen LogP contribution in [0.5, 0.6) is 0 Å². The third-order valence-corrected chi connectivity index (χ3v) is 3.71. The van der Waals surface area contributed by atoms with Gasteiger partial charge in [0.05, 0.1) is 10.6 Å². The van der Waals surface area contributed by atoms with Gasteiger partial charge in [-0.25, -0.2) is 4.79 Å². The van der Waals surface area contributed by atoms with Gasteiger partial charge < -0.3 is 5.73 Å². The number of nitro groups is 1. The molecule has 0 aliphatic heterocycles. The molecular weight excluding hydrogens is 312 g/mol. The van der Waals surface area contributed by atoms with E-state index in [1.165, 1.54) is 12.1 Å². The lowest BCUT2D eigenvalue weighted by Gasteiger charge is -2.00. The number of aromatic nitrogens is 4. The molecule has 2 aromatic heterocycles. The maximum atomic E-state index is 11.4. The van der Waals surface area contributed by atoms with Crippen LogP contribution in [-0.4, -0.2) is 30.3 Å². The summed E-state index contributed by atoms with van der Waals surface area (Å²) in [5, 5.41) is 19.2. The Morgan fingerprint density at radius 3 is 2.58 bits per heavy atom. The summed E-state index contributed by atoms with van der Waals surface area (Å²) >= 11 is 0. The minimum Gasteiger partial charge on any atom is -0.350 e. The number of hydrogen-bond donors (Lipinski definition) is 1. The fourth-order valence-electron chi connectivity index (χ4n) is 2.59. The lowest BCUT2D eigenvalue weighted by Crippen LogP contribution is -2.20. The number of amides is 1. The van der Waals surface area contributed by atoms with Crippen LogP contribution in [0.2, 0.25) is 0 Å². The summed E-state index contributed by atoms with van der Waals surface area (Å²) in [6.07, 6.45) is 2.11. The summed E-state index contributed by atoms with van der Waals surface area (Å²) in [6.45, 7) is 1.83. The number of carbonyl (C=O) groups is 1. The molecule has 124 valence electrons. The van der Waals surface area contributed by atoms with Gasteiger partial charge in [0.25, 0.3) is 5.69 Å². The van der Waals surface area contributed by atoms with E-state index in [2.05, 4.69) is 10.2 Å². The van der Waals surface area contributed by atoms with Crippen molar-refractivity contribution in [1.82, 2.24) is 19.4 Å². The van der Waals surface area contributed by atoms with Crippen LogP contribution in [0.4, 0.5) is 10.5 Å². The van der Waals surface area contributed by atoms with E-state index < -0.39 is 11.0 Å². The Kier molecular flexibility index (Phi) is 3.98. The number of aryl methyl sites for hydroxylation is 3. The summed E-state index contributed by atoms with van der Waals surface area (Å²) in [5.74, 6) is 0.652. The van der Waals surface area contributed by atoms with E-state index in [0.717, 1.165) is 28.8 Å². The predicted octanol–water partition coefficient (Wildman–Crippen LogP) is 1.85. The van der Waals surface area contributed by atoms with E-state index in [1.54, 1.807) is 22.7 Å². The summed E-state index contributed by atoms with van der Waals surface area (Å²) in [5.41, 5.74) is 7.73. The molecule has 9 heteroatoms. The van der Waals surface area contributed by atoms with Crippen molar-refractivity contribution in [2.45, 2.75) is 26.2 Å². The molecule has 2 heterocycles. The van der Waals surface area contributed by atoms with Crippen LogP contribution in [0.15, 0.2) is 30.3 Å². The van der Waals surface area contributed by atoms with E-state index in [4.69, 9.17) is 5.73 Å². The Labute approximate surface area is 136 Å². The molecule has 24 heavy (non-hydrogen) atoms. The Morgan fingerprint density at radius 1 is 1.25 bits per heavy atom. The second-order valence-electron chi connectivity index (χ2n) is 5.50. The predicted molar refractivity (Wildman–Crippen MR) is 85.8 cm³/mol. The third kappa shape index (κ3) is 2.96. The molecule has 0 atom stereocenters. The van der Waals surface area contributed by atoms with Crippen LogP contribution >= 0.6 is 0 Å². The van der Waals surface area contributed by atoms with Crippen LogP contribution in [-0.2, 0) is 12.8 Å². The Morgan fingerprint density at radius 2 is 1.96 bits per heavy atom. The van der Waals surface area contributed by atoms with Crippen molar-refractivity contribution < 1.29 is 9.72 Å². The van der Waals surface area contributed by atoms with Gasteiger partial charge in [-0.2, -0.15) is 14.3 Å². The highest BCUT2D eigenvalue weighted by atomic mass is 16.6. The maximum absolute atomic E-state index is 11.4. The maximum Gasteiger partial charge on any atom is 0.341 e. The molecule has 1 aromatic carbocycles. The Balaban J connectivity index is 1.71. The smallest absolute Gasteiger partial charge is 0.341 e. The Hall–Kier alpha value is -3.23. The van der Waals surface area contributed by atoms with Gasteiger partial charge in [-0.3, -0.25) is 10.1 Å². The van der Waals surface area contributed by atoms with Gasteiger partial charge >= 0.3 is 6.03 Å². The zero-order chi connectivity index (χ0) is 17.3. The van der Waals surface area contributed by atoms with Crippen LogP contribution in [0.25, 0.3) is 5.65 Å². The number of rotatable bonds is 5. The van der Waals surface area contributed by atoms with E-state index in [9.17, 15) is 14.9 Å². The van der Waals surface area contributed by atoms with E-state index >= 15 is 0 Å². The number of benzene rings is 1. The number of nitro benzene ring substituents is 1. The molecule has 3 rings (SSSR count). The molecule has 0 unspecified atom stereocenters. The monoisotopic (exact) mass is 328 g/mol. The standard InChI is InChI=1S/C15H16N6O3/c1-10-9-14-19(17-10)13(18-20(14)15(16)22)4-2-3-11-5-7-12(8-6-11)21(23)24/h5-9H,2-4H2,1H3,(H2,16,22). The highest BCUT2D eigenvalue weighted by molar-refractivity contribution is 5.78. The van der Waals surface area contributed by atoms with Gasteiger partial charge in [-0.1, -0.05) is 12.1 Å². The molecule has 0 saturated carbocycles. The summed E-state index contributed by atoms with van der Waals surface area (Å²) < 4.78 is 2.76. The van der Waals surface area contributed by atoms with Gasteiger partial charge in [0, 0.05) is 24.6 Å². The minimum absolute atomic E-state index is 0.0766. The van der Waals surface area contributed by atoms with Crippen molar-refractivity contribution >= 4 is 17.4 Å². The molecule has 0 spiro atoms. The van der Waals surface area contributed by atoms with Crippen LogP contribution in [0.1, 0.15) is 23.5 Å². The van der Waals surface area contributed by atoms with Crippen LogP contribution in [0, 0.1) is 17.0 Å². The van der Waals surface area contributed by atoms with E-state index in [1.807, 2.05) is 6.92 Å². The SMILES string of the molecule is Cc1cc2n(C(N)=O)nc(CCCc3ccc([N+](=O)[O-])cc3)n2n1. The summed E-state index contributed by atoms with van der Waals surface area (Å²) in [7, 11) is 0. The highest BCUT2D eigenvalue weighted by Crippen LogP contribution is 2.15. The van der Waals surface area contributed by atoms with Gasteiger partial charge in [0.1, 0.15) is 0 Å². The van der Waals surface area contributed by atoms with Crippen LogP contribution < -0.4 is 5.73 Å². The normalized spacial score (nSPS) is 11.0. The fraction of sp³-hybridized carbons (Fsp3) is 0.267. The molecule has 2 N–H and O–H groups in total. The number of nitrogens with two attached hydrogens (primary N) is 1. The second kappa shape index (κ2) is 6.11. The minimum atomic E-state index is -0.651. The first-order chi connectivity index (χ1) is 11.5. The van der Waals surface area contributed by atoms with Crippen molar-refractivity contribution in [2.75, 3.05) is 0 Å². The third-order valence-electron chi connectivity index (χ3n) is 3.71. The number of carbonyl (C=O) groups excluding carboxylic acids is 1. The topological polar surface area (TPSA) is 121 Å². The lowest BCUT2D eigenvalue weighted by atomic mass is 10.1. The van der Waals surface area contributed by atoms with E-state index in [0.29, 0.717) is 17.9 Å². The number of hydrogen-bond acceptors (Lipinski definition) is 5. The van der Waals surface area contributed by atoms with Gasteiger partial charge in [0.2, 0.25) is 0 Å². The number of primary amides is 1. The quantitative estimate of drug-likeness (QED) is 0.566. The first-order valence-corrected chi connectivity index (χ1v) is 7.43. The molecule has 3 aromatic rings. The first kappa shape index (κ1) is 15.7. The molecule has 0 aliphatic carbocycles. The number of fused-ring (bicyclic) bond motifs is 1. The molecule has 1 amide bonds. The zero-order valence-electron chi connectivity index (χ0n) is 13.0. The van der Waals surface area contributed by atoms with Gasteiger partial charge in [-0.05, 0) is 25.3 Å². The summed E-state index contributed by atoms with van der Waals surface area (Å²) in [4.78, 5) is 21.7. The molecule has 9 nitrogen and oxygen atoms in total. The van der Waals surface area contributed by atoms with Gasteiger partial charge in [-0.15, -0.1) is 5.10 Å². The van der Waals surface area contributed by atoms with Crippen molar-refractivity contribution in [1.29, 1.82) is 0 Å². The fourth-order valence-corrected chi connectivity index (χ4v) is 2.59. The molecule has 0 radical (unpaired) electrons. The lowest BCUT2D eigenvalue weighted by molar-refractivity contribution is -0.384. The van der Waals surface area contributed by atoms with Crippen molar-refractivity contribution in [3.05, 3.63) is 57.5 Å². The molecule has 0 fully saturated rings. The molecule has 0 saturated heterocycles. The average Bonchev–Trinajstić information content (AvgIpc) is 3.06.